The highest BCUT2D eigenvalue weighted by Crippen LogP contribution is 2.64. The van der Waals surface area contributed by atoms with E-state index in [9.17, 15) is 4.79 Å². The maximum absolute atomic E-state index is 12.6. The Hall–Kier alpha value is -0.370. The molecule has 1 heterocycles. The van der Waals surface area contributed by atoms with Crippen LogP contribution in [0.3, 0.4) is 0 Å². The highest BCUT2D eigenvalue weighted by atomic mass is 16.1. The molecule has 1 saturated heterocycles. The van der Waals surface area contributed by atoms with Crippen molar-refractivity contribution in [2.45, 2.75) is 104 Å². The summed E-state index contributed by atoms with van der Waals surface area (Å²) in [6.07, 6.45) is 17.4. The van der Waals surface area contributed by atoms with Gasteiger partial charge in [0.25, 0.3) is 0 Å². The molecule has 1 aliphatic heterocycles. The number of hydrogen-bond acceptors (Lipinski definition) is 2. The third-order valence-corrected chi connectivity index (χ3v) is 10.4. The number of Topliss-reactive ketones (excluding diaryl/α,β-unsaturated/α-hetero) is 1. The van der Waals surface area contributed by atoms with Crippen LogP contribution < -0.4 is 5.32 Å². The van der Waals surface area contributed by atoms with E-state index in [0.29, 0.717) is 17.1 Å². The van der Waals surface area contributed by atoms with Crippen LogP contribution in [0, 0.1) is 40.4 Å². The number of nitrogens with one attached hydrogen (secondary N) is 1. The molecule has 2 nitrogen and oxygen atoms in total. The fourth-order valence-corrected chi connectivity index (χ4v) is 8.33. The normalized spacial score (nSPS) is 44.3. The Morgan fingerprint density at radius 3 is 2.43 bits per heavy atom. The summed E-state index contributed by atoms with van der Waals surface area (Å²) in [7, 11) is 0. The predicted molar refractivity (Wildman–Crippen MR) is 117 cm³/mol. The number of carbonyl (C=O) groups is 1. The van der Waals surface area contributed by atoms with Crippen molar-refractivity contribution in [2.75, 3.05) is 13.1 Å². The van der Waals surface area contributed by atoms with Crippen molar-refractivity contribution in [3.63, 3.8) is 0 Å². The molecule has 4 aliphatic rings. The first kappa shape index (κ1) is 20.9. The van der Waals surface area contributed by atoms with Crippen LogP contribution in [0.4, 0.5) is 0 Å². The Labute approximate surface area is 174 Å². The first-order valence-corrected chi connectivity index (χ1v) is 12.7. The third-order valence-electron chi connectivity index (χ3n) is 10.4. The second-order valence-corrected chi connectivity index (χ2v) is 11.4. The molecule has 0 radical (unpaired) electrons. The molecule has 3 aliphatic carbocycles. The van der Waals surface area contributed by atoms with Gasteiger partial charge in [-0.05, 0) is 99.5 Å². The number of unbranched alkanes of at least 4 members (excludes halogenated alkanes) is 1. The second-order valence-electron chi connectivity index (χ2n) is 11.4. The van der Waals surface area contributed by atoms with Gasteiger partial charge in [0.1, 0.15) is 5.78 Å². The van der Waals surface area contributed by atoms with E-state index in [-0.39, 0.29) is 5.41 Å². The zero-order valence-corrected chi connectivity index (χ0v) is 18.9. The van der Waals surface area contributed by atoms with E-state index in [1.165, 1.54) is 90.1 Å². The van der Waals surface area contributed by atoms with Crippen molar-refractivity contribution in [1.29, 1.82) is 0 Å². The van der Waals surface area contributed by atoms with Crippen LogP contribution in [0.25, 0.3) is 0 Å². The van der Waals surface area contributed by atoms with Crippen molar-refractivity contribution in [3.05, 3.63) is 0 Å². The van der Waals surface area contributed by atoms with Gasteiger partial charge in [-0.15, -0.1) is 0 Å². The lowest BCUT2D eigenvalue weighted by Crippen LogP contribution is -2.51. The van der Waals surface area contributed by atoms with E-state index < -0.39 is 0 Å². The summed E-state index contributed by atoms with van der Waals surface area (Å²) in [6, 6.07) is 0. The van der Waals surface area contributed by atoms with Crippen LogP contribution in [0.2, 0.25) is 0 Å². The summed E-state index contributed by atoms with van der Waals surface area (Å²) in [4.78, 5) is 12.6. The third kappa shape index (κ3) is 3.61. The highest BCUT2D eigenvalue weighted by molar-refractivity contribution is 5.87. The number of rotatable bonds is 6. The molecule has 4 rings (SSSR count). The fourth-order valence-electron chi connectivity index (χ4n) is 8.33. The van der Waals surface area contributed by atoms with Crippen LogP contribution in [0.5, 0.6) is 0 Å². The molecule has 1 N–H and O–H groups in total. The molecule has 0 aromatic rings. The summed E-state index contributed by atoms with van der Waals surface area (Å²) < 4.78 is 0. The van der Waals surface area contributed by atoms with Crippen molar-refractivity contribution < 1.29 is 4.79 Å². The number of fused-ring (bicyclic) bond motifs is 3. The Bertz CT molecular complexity index is 553. The summed E-state index contributed by atoms with van der Waals surface area (Å²) >= 11 is 0. The van der Waals surface area contributed by atoms with Crippen molar-refractivity contribution in [3.8, 4) is 0 Å². The number of hydrogen-bond donors (Lipinski definition) is 1. The molecule has 2 heteroatoms. The number of ketones is 1. The Balaban J connectivity index is 1.35. The monoisotopic (exact) mass is 387 g/mol. The SMILES string of the molecule is CCC1(C)C(CCCCC2CCNCC2)CCC2C3CCC(=O)C3(C)CCC21. The molecule has 0 aromatic carbocycles. The molecule has 28 heavy (non-hydrogen) atoms. The van der Waals surface area contributed by atoms with Gasteiger partial charge >= 0.3 is 0 Å². The van der Waals surface area contributed by atoms with Gasteiger partial charge < -0.3 is 5.32 Å². The van der Waals surface area contributed by atoms with Crippen molar-refractivity contribution in [2.24, 2.45) is 40.4 Å². The predicted octanol–water partition coefficient (Wildman–Crippen LogP) is 6.38. The Kier molecular flexibility index (Phi) is 6.27. The average Bonchev–Trinajstić information content (AvgIpc) is 3.02. The first-order chi connectivity index (χ1) is 13.5. The molecular weight excluding hydrogens is 342 g/mol. The van der Waals surface area contributed by atoms with Gasteiger partial charge in [0.15, 0.2) is 0 Å². The lowest BCUT2D eigenvalue weighted by atomic mass is 9.46. The molecule has 160 valence electrons. The van der Waals surface area contributed by atoms with Gasteiger partial charge in [0.05, 0.1) is 0 Å². The lowest BCUT2D eigenvalue weighted by molar-refractivity contribution is -0.136. The lowest BCUT2D eigenvalue weighted by Gasteiger charge is -2.58. The van der Waals surface area contributed by atoms with Gasteiger partial charge in [-0.25, -0.2) is 0 Å². The highest BCUT2D eigenvalue weighted by Gasteiger charge is 2.58. The fraction of sp³-hybridized carbons (Fsp3) is 0.962. The zero-order chi connectivity index (χ0) is 19.8. The quantitative estimate of drug-likeness (QED) is 0.535. The Morgan fingerprint density at radius 2 is 1.68 bits per heavy atom. The molecule has 0 aromatic heterocycles. The minimum atomic E-state index is 0.0392. The minimum Gasteiger partial charge on any atom is -0.317 e. The van der Waals surface area contributed by atoms with Gasteiger partial charge in [-0.1, -0.05) is 46.5 Å². The standard InChI is InChI=1S/C26H45NO/c1-4-25(2)20(8-6-5-7-19-14-17-27-18-15-19)9-10-21-22-11-12-24(28)26(22,3)16-13-23(21)25/h19-23,27H,4-18H2,1-3H3. The van der Waals surface area contributed by atoms with E-state index in [4.69, 9.17) is 0 Å². The van der Waals surface area contributed by atoms with Crippen LogP contribution >= 0.6 is 0 Å². The maximum Gasteiger partial charge on any atom is 0.139 e. The van der Waals surface area contributed by atoms with E-state index in [0.717, 1.165) is 30.1 Å². The molecule has 0 spiro atoms. The molecule has 0 bridgehead atoms. The van der Waals surface area contributed by atoms with E-state index in [2.05, 4.69) is 26.1 Å². The summed E-state index contributed by atoms with van der Waals surface area (Å²) in [5, 5.41) is 3.50. The first-order valence-electron chi connectivity index (χ1n) is 12.7. The molecule has 6 unspecified atom stereocenters. The summed E-state index contributed by atoms with van der Waals surface area (Å²) in [5.41, 5.74) is 0.558. The molecule has 6 atom stereocenters. The van der Waals surface area contributed by atoms with Gasteiger partial charge in [-0.3, -0.25) is 4.79 Å². The molecular formula is C26H45NO. The number of piperidine rings is 1. The van der Waals surface area contributed by atoms with Crippen LogP contribution in [0.15, 0.2) is 0 Å². The van der Waals surface area contributed by atoms with Crippen molar-refractivity contribution in [1.82, 2.24) is 5.32 Å². The Morgan fingerprint density at radius 1 is 0.929 bits per heavy atom. The van der Waals surface area contributed by atoms with E-state index in [1.807, 2.05) is 0 Å². The van der Waals surface area contributed by atoms with Gasteiger partial charge in [0.2, 0.25) is 0 Å². The van der Waals surface area contributed by atoms with Gasteiger partial charge in [0, 0.05) is 11.8 Å². The average molecular weight is 388 g/mol. The second kappa shape index (κ2) is 8.40. The summed E-state index contributed by atoms with van der Waals surface area (Å²) in [6.45, 7) is 9.90. The summed E-state index contributed by atoms with van der Waals surface area (Å²) in [5.74, 6) is 4.92. The van der Waals surface area contributed by atoms with E-state index >= 15 is 0 Å². The molecule has 3 saturated carbocycles. The smallest absolute Gasteiger partial charge is 0.139 e. The van der Waals surface area contributed by atoms with Crippen LogP contribution in [-0.4, -0.2) is 18.9 Å². The number of carbonyl (C=O) groups excluding carboxylic acids is 1. The molecule has 0 amide bonds. The van der Waals surface area contributed by atoms with Crippen LogP contribution in [0.1, 0.15) is 104 Å². The van der Waals surface area contributed by atoms with E-state index in [1.54, 1.807) is 0 Å². The minimum absolute atomic E-state index is 0.0392. The maximum atomic E-state index is 12.6. The van der Waals surface area contributed by atoms with Crippen molar-refractivity contribution >= 4 is 5.78 Å². The largest absolute Gasteiger partial charge is 0.317 e. The molecule has 4 fully saturated rings. The van der Waals surface area contributed by atoms with Crippen LogP contribution in [-0.2, 0) is 4.79 Å². The topological polar surface area (TPSA) is 29.1 Å². The zero-order valence-electron chi connectivity index (χ0n) is 18.9. The van der Waals surface area contributed by atoms with Gasteiger partial charge in [-0.2, -0.15) is 0 Å².